The van der Waals surface area contributed by atoms with Crippen LogP contribution in [0.1, 0.15) is 36.3 Å². The average Bonchev–Trinajstić information content (AvgIpc) is 2.66. The van der Waals surface area contributed by atoms with Crippen LogP contribution in [0.25, 0.3) is 0 Å². The van der Waals surface area contributed by atoms with Gasteiger partial charge in [-0.2, -0.15) is 0 Å². The van der Waals surface area contributed by atoms with E-state index in [4.69, 9.17) is 9.47 Å². The Morgan fingerprint density at radius 2 is 1.72 bits per heavy atom. The van der Waals surface area contributed by atoms with Crippen molar-refractivity contribution in [1.29, 1.82) is 0 Å². The van der Waals surface area contributed by atoms with E-state index >= 15 is 0 Å². The second kappa shape index (κ2) is 5.66. The van der Waals surface area contributed by atoms with E-state index in [0.29, 0.717) is 19.6 Å². The lowest BCUT2D eigenvalue weighted by atomic mass is 9.75. The Labute approximate surface area is 146 Å². The molecule has 1 unspecified atom stereocenters. The molecule has 0 aromatic heterocycles. The minimum absolute atomic E-state index is 0.0453. The minimum Gasteiger partial charge on any atom is -0.486 e. The van der Waals surface area contributed by atoms with E-state index in [1.807, 2.05) is 30.3 Å². The predicted octanol–water partition coefficient (Wildman–Crippen LogP) is 4.02. The van der Waals surface area contributed by atoms with Gasteiger partial charge in [0.25, 0.3) is 0 Å². The number of rotatable bonds is 1. The fraction of sp³-hybridized carbons (Fsp3) is 0.286. The third-order valence-electron chi connectivity index (χ3n) is 5.19. The standard InChI is InChI=1S/C21H19NO3/c23-17-8-4-7-15-21(17)20(13-5-2-1-3-6-13)14-11-18-19(12-16(14)22-15)25-10-9-24-18/h1-3,5-6,11-12,20,22H,4,7-10H2. The predicted molar refractivity (Wildman–Crippen MR) is 95.2 cm³/mol. The number of fused-ring (bicyclic) bond motifs is 2. The van der Waals surface area contributed by atoms with Crippen LogP contribution in [0.15, 0.2) is 53.7 Å². The number of carbonyl (C=O) groups is 1. The summed E-state index contributed by atoms with van der Waals surface area (Å²) in [5.41, 5.74) is 5.23. The number of hydrogen-bond donors (Lipinski definition) is 1. The molecule has 2 aromatic carbocycles. The van der Waals surface area contributed by atoms with Crippen LogP contribution in [0, 0.1) is 0 Å². The molecule has 0 saturated carbocycles. The van der Waals surface area contributed by atoms with Crippen molar-refractivity contribution in [3.8, 4) is 11.5 Å². The summed E-state index contributed by atoms with van der Waals surface area (Å²) in [6.45, 7) is 1.13. The number of carbonyl (C=O) groups excluding carboxylic acids is 1. The number of anilines is 1. The molecule has 126 valence electrons. The molecule has 3 aliphatic rings. The van der Waals surface area contributed by atoms with Crippen molar-refractivity contribution in [2.45, 2.75) is 25.2 Å². The molecular formula is C21H19NO3. The van der Waals surface area contributed by atoms with E-state index in [9.17, 15) is 4.79 Å². The lowest BCUT2D eigenvalue weighted by Crippen LogP contribution is -2.27. The normalized spacial score (nSPS) is 21.3. The van der Waals surface area contributed by atoms with Gasteiger partial charge >= 0.3 is 0 Å². The van der Waals surface area contributed by atoms with Crippen molar-refractivity contribution >= 4 is 11.5 Å². The van der Waals surface area contributed by atoms with Crippen molar-refractivity contribution in [2.75, 3.05) is 18.5 Å². The number of hydrogen-bond acceptors (Lipinski definition) is 4. The number of nitrogens with one attached hydrogen (secondary N) is 1. The number of Topliss-reactive ketones (excluding diaryl/α,β-unsaturated/α-hetero) is 1. The van der Waals surface area contributed by atoms with Crippen molar-refractivity contribution < 1.29 is 14.3 Å². The van der Waals surface area contributed by atoms with Gasteiger partial charge in [0.05, 0.1) is 0 Å². The Morgan fingerprint density at radius 1 is 0.960 bits per heavy atom. The highest BCUT2D eigenvalue weighted by molar-refractivity contribution is 6.01. The quantitative estimate of drug-likeness (QED) is 0.856. The van der Waals surface area contributed by atoms with Crippen LogP contribution in [0.4, 0.5) is 5.69 Å². The van der Waals surface area contributed by atoms with Crippen molar-refractivity contribution in [3.05, 3.63) is 64.9 Å². The van der Waals surface area contributed by atoms with E-state index < -0.39 is 0 Å². The Hall–Kier alpha value is -2.75. The minimum atomic E-state index is -0.0453. The van der Waals surface area contributed by atoms with Gasteiger partial charge in [0.2, 0.25) is 0 Å². The maximum absolute atomic E-state index is 12.8. The Kier molecular flexibility index (Phi) is 3.30. The first kappa shape index (κ1) is 14.6. The van der Waals surface area contributed by atoms with Crippen molar-refractivity contribution in [3.63, 3.8) is 0 Å². The van der Waals surface area contributed by atoms with Gasteiger partial charge in [0.15, 0.2) is 17.3 Å². The largest absolute Gasteiger partial charge is 0.486 e. The number of benzene rings is 2. The summed E-state index contributed by atoms with van der Waals surface area (Å²) in [7, 11) is 0. The van der Waals surface area contributed by atoms with Gasteiger partial charge in [-0.1, -0.05) is 30.3 Å². The summed E-state index contributed by atoms with van der Waals surface area (Å²) in [6, 6.07) is 14.3. The third-order valence-corrected chi connectivity index (χ3v) is 5.19. The molecule has 5 rings (SSSR count). The van der Waals surface area contributed by atoms with Gasteiger partial charge < -0.3 is 14.8 Å². The van der Waals surface area contributed by atoms with E-state index in [2.05, 4.69) is 17.4 Å². The van der Waals surface area contributed by atoms with Gasteiger partial charge in [-0.05, 0) is 30.0 Å². The molecule has 0 saturated heterocycles. The molecule has 2 aliphatic heterocycles. The highest BCUT2D eigenvalue weighted by Crippen LogP contribution is 2.48. The molecule has 0 spiro atoms. The van der Waals surface area contributed by atoms with Gasteiger partial charge in [0, 0.05) is 35.4 Å². The zero-order chi connectivity index (χ0) is 16.8. The van der Waals surface area contributed by atoms with Gasteiger partial charge in [-0.25, -0.2) is 0 Å². The molecule has 0 fully saturated rings. The summed E-state index contributed by atoms with van der Waals surface area (Å²) in [5.74, 6) is 1.75. The van der Waals surface area contributed by atoms with Crippen LogP contribution in [-0.2, 0) is 4.79 Å². The molecule has 4 heteroatoms. The van der Waals surface area contributed by atoms with E-state index in [1.54, 1.807) is 0 Å². The fourth-order valence-electron chi connectivity index (χ4n) is 4.09. The maximum Gasteiger partial charge on any atom is 0.163 e. The monoisotopic (exact) mass is 333 g/mol. The molecule has 4 nitrogen and oxygen atoms in total. The Bertz CT molecular complexity index is 886. The molecule has 2 heterocycles. The first-order valence-corrected chi connectivity index (χ1v) is 8.83. The SMILES string of the molecule is O=C1CCCC2=C1C(c1ccccc1)c1cc3c(cc1N2)OCCO3. The number of ether oxygens (including phenoxy) is 2. The van der Waals surface area contributed by atoms with Crippen LogP contribution in [-0.4, -0.2) is 19.0 Å². The molecule has 1 atom stereocenters. The first-order valence-electron chi connectivity index (χ1n) is 8.83. The van der Waals surface area contributed by atoms with E-state index in [0.717, 1.165) is 52.4 Å². The van der Waals surface area contributed by atoms with Gasteiger partial charge in [0.1, 0.15) is 13.2 Å². The van der Waals surface area contributed by atoms with Crippen LogP contribution in [0.2, 0.25) is 0 Å². The number of allylic oxidation sites excluding steroid dienone is 2. The molecule has 0 bridgehead atoms. The van der Waals surface area contributed by atoms with Crippen LogP contribution in [0.3, 0.4) is 0 Å². The second-order valence-electron chi connectivity index (χ2n) is 6.72. The maximum atomic E-state index is 12.8. The summed E-state index contributed by atoms with van der Waals surface area (Å²) in [6.07, 6.45) is 2.45. The lowest BCUT2D eigenvalue weighted by molar-refractivity contribution is -0.116. The molecular weight excluding hydrogens is 314 g/mol. The smallest absolute Gasteiger partial charge is 0.163 e. The molecule has 1 aliphatic carbocycles. The Morgan fingerprint density at radius 3 is 2.52 bits per heavy atom. The Balaban J connectivity index is 1.73. The van der Waals surface area contributed by atoms with Crippen molar-refractivity contribution in [2.24, 2.45) is 0 Å². The zero-order valence-electron chi connectivity index (χ0n) is 13.9. The van der Waals surface area contributed by atoms with Crippen molar-refractivity contribution in [1.82, 2.24) is 0 Å². The summed E-state index contributed by atoms with van der Waals surface area (Å²) in [4.78, 5) is 12.8. The summed E-state index contributed by atoms with van der Waals surface area (Å²) < 4.78 is 11.5. The highest BCUT2D eigenvalue weighted by Gasteiger charge is 2.36. The van der Waals surface area contributed by atoms with Crippen LogP contribution in [0.5, 0.6) is 11.5 Å². The van der Waals surface area contributed by atoms with Gasteiger partial charge in [-0.15, -0.1) is 0 Å². The molecule has 0 radical (unpaired) electrons. The van der Waals surface area contributed by atoms with Gasteiger partial charge in [-0.3, -0.25) is 4.79 Å². The third kappa shape index (κ3) is 2.32. The first-order chi connectivity index (χ1) is 12.3. The lowest BCUT2D eigenvalue weighted by Gasteiger charge is -2.35. The molecule has 25 heavy (non-hydrogen) atoms. The number of ketones is 1. The second-order valence-corrected chi connectivity index (χ2v) is 6.72. The topological polar surface area (TPSA) is 47.6 Å². The average molecular weight is 333 g/mol. The molecule has 1 N–H and O–H groups in total. The fourth-order valence-corrected chi connectivity index (χ4v) is 4.09. The highest BCUT2D eigenvalue weighted by atomic mass is 16.6. The summed E-state index contributed by atoms with van der Waals surface area (Å²) in [5, 5.41) is 3.50. The van der Waals surface area contributed by atoms with Crippen LogP contribution >= 0.6 is 0 Å². The molecule has 2 aromatic rings. The summed E-state index contributed by atoms with van der Waals surface area (Å²) >= 11 is 0. The van der Waals surface area contributed by atoms with E-state index in [-0.39, 0.29) is 11.7 Å². The van der Waals surface area contributed by atoms with Crippen LogP contribution < -0.4 is 14.8 Å². The zero-order valence-corrected chi connectivity index (χ0v) is 13.9. The molecule has 0 amide bonds. The van der Waals surface area contributed by atoms with E-state index in [1.165, 1.54) is 0 Å².